The molecule has 0 radical (unpaired) electrons. The number of carbonyl (C=O) groups excluding carboxylic acids is 2. The Morgan fingerprint density at radius 2 is 1.67 bits per heavy atom. The van der Waals surface area contributed by atoms with Crippen LogP contribution in [0.1, 0.15) is 34.1 Å². The molecule has 0 aromatic heterocycles. The van der Waals surface area contributed by atoms with E-state index >= 15 is 0 Å². The first-order valence-corrected chi connectivity index (χ1v) is 6.02. The first kappa shape index (κ1) is 16.6. The Kier molecular flexibility index (Phi) is 7.19. The average molecular weight is 258 g/mol. The number of aliphatic carboxylic acids is 1. The lowest BCUT2D eigenvalue weighted by Gasteiger charge is -2.19. The third-order valence-electron chi connectivity index (χ3n) is 2.31. The summed E-state index contributed by atoms with van der Waals surface area (Å²) >= 11 is 0. The van der Waals surface area contributed by atoms with Crippen molar-refractivity contribution in [3.8, 4) is 0 Å². The third-order valence-corrected chi connectivity index (χ3v) is 2.31. The second-order valence-corrected chi connectivity index (χ2v) is 4.81. The molecule has 104 valence electrons. The molecule has 1 amide bonds. The molecule has 1 unspecified atom stereocenters. The molecule has 0 aliphatic carbocycles. The van der Waals surface area contributed by atoms with E-state index in [0.717, 1.165) is 0 Å². The molecule has 0 aromatic carbocycles. The van der Waals surface area contributed by atoms with Gasteiger partial charge in [0.05, 0.1) is 19.0 Å². The van der Waals surface area contributed by atoms with Crippen LogP contribution in [0.3, 0.4) is 0 Å². The molecular weight excluding hydrogens is 236 g/mol. The van der Waals surface area contributed by atoms with Gasteiger partial charge in [-0.1, -0.05) is 27.7 Å². The zero-order valence-corrected chi connectivity index (χ0v) is 11.3. The van der Waals surface area contributed by atoms with E-state index < -0.39 is 17.9 Å². The van der Waals surface area contributed by atoms with E-state index in [-0.39, 0.29) is 30.7 Å². The lowest BCUT2D eigenvalue weighted by Crippen LogP contribution is -2.49. The average Bonchev–Trinajstić information content (AvgIpc) is 2.22. The highest BCUT2D eigenvalue weighted by molar-refractivity contribution is 5.90. The van der Waals surface area contributed by atoms with Crippen LogP contribution in [0.4, 0.5) is 0 Å². The summed E-state index contributed by atoms with van der Waals surface area (Å²) in [5.41, 5.74) is 0. The van der Waals surface area contributed by atoms with Crippen LogP contribution in [0.2, 0.25) is 0 Å². The van der Waals surface area contributed by atoms with Gasteiger partial charge < -0.3 is 15.7 Å². The van der Waals surface area contributed by atoms with Crippen molar-refractivity contribution in [2.75, 3.05) is 6.54 Å². The summed E-state index contributed by atoms with van der Waals surface area (Å²) in [6.07, 6.45) is -0.306. The minimum absolute atomic E-state index is 0.0131. The van der Waals surface area contributed by atoms with Crippen molar-refractivity contribution in [3.05, 3.63) is 0 Å². The molecule has 0 saturated carbocycles. The number of carbonyl (C=O) groups is 3. The SMILES string of the molecule is CC(C)NC(CC(=O)O)C(=O)NCC(=O)C(C)C. The highest BCUT2D eigenvalue weighted by atomic mass is 16.4. The predicted octanol–water partition coefficient (Wildman–Crippen LogP) is 0.169. The van der Waals surface area contributed by atoms with Gasteiger partial charge in [-0.3, -0.25) is 14.4 Å². The Balaban J connectivity index is 4.37. The molecule has 0 saturated heterocycles. The van der Waals surface area contributed by atoms with Gasteiger partial charge in [0.15, 0.2) is 5.78 Å². The zero-order valence-electron chi connectivity index (χ0n) is 11.3. The highest BCUT2D eigenvalue weighted by Crippen LogP contribution is 1.97. The van der Waals surface area contributed by atoms with Crippen LogP contribution in [0.25, 0.3) is 0 Å². The molecule has 0 aliphatic heterocycles. The second-order valence-electron chi connectivity index (χ2n) is 4.81. The fourth-order valence-electron chi connectivity index (χ4n) is 1.31. The van der Waals surface area contributed by atoms with Crippen LogP contribution in [0, 0.1) is 5.92 Å². The maximum absolute atomic E-state index is 11.8. The molecule has 0 spiro atoms. The maximum atomic E-state index is 11.8. The quantitative estimate of drug-likeness (QED) is 0.577. The van der Waals surface area contributed by atoms with Gasteiger partial charge >= 0.3 is 5.97 Å². The van der Waals surface area contributed by atoms with E-state index in [1.165, 1.54) is 0 Å². The number of nitrogens with one attached hydrogen (secondary N) is 2. The molecule has 0 aromatic rings. The van der Waals surface area contributed by atoms with Crippen molar-refractivity contribution in [2.24, 2.45) is 5.92 Å². The van der Waals surface area contributed by atoms with Crippen LogP contribution in [0.15, 0.2) is 0 Å². The lowest BCUT2D eigenvalue weighted by molar-refractivity contribution is -0.140. The van der Waals surface area contributed by atoms with Crippen molar-refractivity contribution in [3.63, 3.8) is 0 Å². The Hall–Kier alpha value is -1.43. The summed E-state index contributed by atoms with van der Waals surface area (Å²) in [6, 6.07) is -0.830. The number of hydrogen-bond donors (Lipinski definition) is 3. The van der Waals surface area contributed by atoms with E-state index in [1.54, 1.807) is 13.8 Å². The molecular formula is C12H22N2O4. The predicted molar refractivity (Wildman–Crippen MR) is 67.2 cm³/mol. The monoisotopic (exact) mass is 258 g/mol. The number of carboxylic acids is 1. The minimum Gasteiger partial charge on any atom is -0.481 e. The molecule has 0 heterocycles. The maximum Gasteiger partial charge on any atom is 0.305 e. The molecule has 0 fully saturated rings. The van der Waals surface area contributed by atoms with E-state index in [9.17, 15) is 14.4 Å². The number of ketones is 1. The van der Waals surface area contributed by atoms with Crippen LogP contribution in [-0.2, 0) is 14.4 Å². The van der Waals surface area contributed by atoms with Crippen LogP contribution >= 0.6 is 0 Å². The van der Waals surface area contributed by atoms with E-state index in [2.05, 4.69) is 10.6 Å². The Morgan fingerprint density at radius 3 is 2.06 bits per heavy atom. The first-order chi connectivity index (χ1) is 8.23. The van der Waals surface area contributed by atoms with E-state index in [4.69, 9.17) is 5.11 Å². The van der Waals surface area contributed by atoms with Gasteiger partial charge in [0.1, 0.15) is 0 Å². The Bertz CT molecular complexity index is 313. The Labute approximate surface area is 107 Å². The van der Waals surface area contributed by atoms with Crippen LogP contribution in [-0.4, -0.2) is 41.4 Å². The van der Waals surface area contributed by atoms with Crippen molar-refractivity contribution < 1.29 is 19.5 Å². The number of amides is 1. The molecule has 0 rings (SSSR count). The lowest BCUT2D eigenvalue weighted by atomic mass is 10.1. The second kappa shape index (κ2) is 7.81. The van der Waals surface area contributed by atoms with E-state index in [1.807, 2.05) is 13.8 Å². The van der Waals surface area contributed by atoms with Crippen molar-refractivity contribution in [1.82, 2.24) is 10.6 Å². The third kappa shape index (κ3) is 7.01. The van der Waals surface area contributed by atoms with Crippen molar-refractivity contribution in [2.45, 2.75) is 46.2 Å². The Morgan fingerprint density at radius 1 is 1.11 bits per heavy atom. The summed E-state index contributed by atoms with van der Waals surface area (Å²) in [5, 5.41) is 14.0. The largest absolute Gasteiger partial charge is 0.481 e. The van der Waals surface area contributed by atoms with Gasteiger partial charge in [0.25, 0.3) is 0 Å². The molecule has 6 nitrogen and oxygen atoms in total. The molecule has 6 heteroatoms. The van der Waals surface area contributed by atoms with Gasteiger partial charge in [-0.15, -0.1) is 0 Å². The number of hydrogen-bond acceptors (Lipinski definition) is 4. The van der Waals surface area contributed by atoms with Crippen LogP contribution < -0.4 is 10.6 Å². The number of carboxylic acid groups (broad SMARTS) is 1. The summed E-state index contributed by atoms with van der Waals surface area (Å²) in [4.78, 5) is 33.8. The molecule has 3 N–H and O–H groups in total. The topological polar surface area (TPSA) is 95.5 Å². The number of Topliss-reactive ketones (excluding diaryl/α,β-unsaturated/α-hetero) is 1. The summed E-state index contributed by atoms with van der Waals surface area (Å²) in [7, 11) is 0. The van der Waals surface area contributed by atoms with Crippen molar-refractivity contribution in [1.29, 1.82) is 0 Å². The summed E-state index contributed by atoms with van der Waals surface area (Å²) < 4.78 is 0. The molecule has 0 aliphatic rings. The standard InChI is InChI=1S/C12H22N2O4/c1-7(2)10(15)6-13-12(18)9(5-11(16)17)14-8(3)4/h7-9,14H,5-6H2,1-4H3,(H,13,18)(H,16,17). The summed E-state index contributed by atoms with van der Waals surface area (Å²) in [6.45, 7) is 7.07. The fourth-order valence-corrected chi connectivity index (χ4v) is 1.31. The summed E-state index contributed by atoms with van der Waals surface area (Å²) in [5.74, 6) is -1.75. The van der Waals surface area contributed by atoms with Gasteiger partial charge in [0, 0.05) is 12.0 Å². The minimum atomic E-state index is -1.06. The van der Waals surface area contributed by atoms with Crippen LogP contribution in [0.5, 0.6) is 0 Å². The van der Waals surface area contributed by atoms with Gasteiger partial charge in [-0.25, -0.2) is 0 Å². The van der Waals surface area contributed by atoms with Gasteiger partial charge in [-0.2, -0.15) is 0 Å². The highest BCUT2D eigenvalue weighted by Gasteiger charge is 2.22. The van der Waals surface area contributed by atoms with E-state index in [0.29, 0.717) is 0 Å². The molecule has 0 bridgehead atoms. The van der Waals surface area contributed by atoms with Gasteiger partial charge in [-0.05, 0) is 0 Å². The zero-order chi connectivity index (χ0) is 14.3. The van der Waals surface area contributed by atoms with Crippen molar-refractivity contribution >= 4 is 17.7 Å². The molecule has 1 atom stereocenters. The van der Waals surface area contributed by atoms with Gasteiger partial charge in [0.2, 0.25) is 5.91 Å². The first-order valence-electron chi connectivity index (χ1n) is 6.02. The smallest absolute Gasteiger partial charge is 0.305 e. The normalized spacial score (nSPS) is 12.6. The molecule has 18 heavy (non-hydrogen) atoms. The fraction of sp³-hybridized carbons (Fsp3) is 0.750. The number of rotatable bonds is 8.